The summed E-state index contributed by atoms with van der Waals surface area (Å²) in [6, 6.07) is 10.0. The first-order valence-corrected chi connectivity index (χ1v) is 9.50. The van der Waals surface area contributed by atoms with Crippen molar-refractivity contribution in [2.75, 3.05) is 19.6 Å². The summed E-state index contributed by atoms with van der Waals surface area (Å²) >= 11 is -0.556. The molecule has 0 radical (unpaired) electrons. The first-order valence-electron chi connectivity index (χ1n) is 5.20. The van der Waals surface area contributed by atoms with Gasteiger partial charge in [0.25, 0.3) is 0 Å². The Bertz CT molecular complexity index is 171. The fraction of sp³-hybridized carbons (Fsp3) is 0.400. The second-order valence-corrected chi connectivity index (χ2v) is 5.75. The Morgan fingerprint density at radius 3 is 1.53 bits per heavy atom. The van der Waals surface area contributed by atoms with E-state index in [-0.39, 0.29) is 29.7 Å². The normalized spacial score (nSPS) is 11.5. The summed E-state index contributed by atoms with van der Waals surface area (Å²) in [7, 11) is 9.78. The van der Waals surface area contributed by atoms with Gasteiger partial charge in [0, 0.05) is 0 Å². The van der Waals surface area contributed by atoms with Crippen molar-refractivity contribution in [2.45, 2.75) is 19.8 Å². The minimum atomic E-state index is -0.556. The monoisotopic (exact) mass is 342 g/mol. The van der Waals surface area contributed by atoms with Crippen LogP contribution in [0, 0.1) is 29.7 Å². The zero-order valence-electron chi connectivity index (χ0n) is 13.1. The van der Waals surface area contributed by atoms with Crippen LogP contribution in [-0.4, -0.2) is 24.5 Å². The Balaban J connectivity index is -0.0000000497. The van der Waals surface area contributed by atoms with E-state index in [0.29, 0.717) is 0 Å². The number of rotatable bonds is 1. The van der Waals surface area contributed by atoms with E-state index in [2.05, 4.69) is 11.8 Å². The molecule has 0 atom stereocenters. The van der Waals surface area contributed by atoms with E-state index in [1.54, 1.807) is 0 Å². The fourth-order valence-corrected chi connectivity index (χ4v) is 1.42. The summed E-state index contributed by atoms with van der Waals surface area (Å²) in [5.74, 6) is 0. The van der Waals surface area contributed by atoms with Gasteiger partial charge in [0.1, 0.15) is 0 Å². The fourth-order valence-electron chi connectivity index (χ4n) is 1.42. The van der Waals surface area contributed by atoms with E-state index in [1.807, 2.05) is 30.3 Å². The molecule has 4 heteroatoms. The molecule has 0 unspecified atom stereocenters. The molecule has 1 aliphatic rings. The maximum Gasteiger partial charge on any atom is -0.172 e. The van der Waals surface area contributed by atoms with Gasteiger partial charge in [-0.05, 0) is 32.5 Å². The van der Waals surface area contributed by atoms with Crippen LogP contribution < -0.4 is 0 Å². The molecule has 0 amide bonds. The van der Waals surface area contributed by atoms with Crippen molar-refractivity contribution in [3.63, 3.8) is 0 Å². The Kier molecular flexibility index (Phi) is 45.3. The summed E-state index contributed by atoms with van der Waals surface area (Å²) in [6.45, 7) is 6.16. The number of likely N-dealkylation sites (tertiary alicyclic amines) is 1. The molecule has 0 saturated carbocycles. The van der Waals surface area contributed by atoms with Gasteiger partial charge in [0.05, 0.1) is 0 Å². The van der Waals surface area contributed by atoms with Crippen LogP contribution in [0.5, 0.6) is 0 Å². The molecule has 1 nitrogen and oxygen atoms in total. The van der Waals surface area contributed by atoms with Gasteiger partial charge in [-0.1, -0.05) is 6.92 Å². The first-order chi connectivity index (χ1) is 7.35. The molecular weight excluding hydrogens is 313 g/mol. The number of hydrogen-bond donors (Lipinski definition) is 0. The molecule has 1 aromatic rings. The van der Waals surface area contributed by atoms with Crippen molar-refractivity contribution in [3.8, 4) is 0 Å². The minimum absolute atomic E-state index is 0. The molecule has 0 bridgehead atoms. The molecule has 0 aliphatic carbocycles. The summed E-state index contributed by atoms with van der Waals surface area (Å²) in [5.41, 5.74) is 0. The smallest absolute Gasteiger partial charge is 0.172 e. The average Bonchev–Trinajstić information content (AvgIpc) is 2.96. The van der Waals surface area contributed by atoms with Crippen LogP contribution in [0.2, 0.25) is 0 Å². The summed E-state index contributed by atoms with van der Waals surface area (Å²) in [5, 5.41) is 0. The van der Waals surface area contributed by atoms with Crippen LogP contribution in [0.4, 0.5) is 0 Å². The summed E-state index contributed by atoms with van der Waals surface area (Å²) < 4.78 is 0. The van der Waals surface area contributed by atoms with E-state index < -0.39 is 17.0 Å². The van der Waals surface area contributed by atoms with Crippen LogP contribution in [-0.2, 0) is 17.0 Å². The molecule has 0 spiro atoms. The minimum Gasteiger partial charge on any atom is -0.214 e. The third-order valence-electron chi connectivity index (χ3n) is 2.20. The van der Waals surface area contributed by atoms with Gasteiger partial charge >= 0.3 is 35.6 Å². The SMILES string of the molecule is CCN1CCCC1.[CH3-].[CH3-].[CH3-].[CH3-].[Cl][Ti][Cl].c1cc[cH-]c1. The van der Waals surface area contributed by atoms with Crippen molar-refractivity contribution in [1.29, 1.82) is 0 Å². The molecule has 0 aromatic heterocycles. The van der Waals surface area contributed by atoms with Crippen LogP contribution >= 0.6 is 18.6 Å². The molecule has 118 valence electrons. The third-order valence-corrected chi connectivity index (χ3v) is 2.20. The van der Waals surface area contributed by atoms with E-state index in [4.69, 9.17) is 18.6 Å². The van der Waals surface area contributed by atoms with Crippen LogP contribution in [0.3, 0.4) is 0 Å². The maximum absolute atomic E-state index is 4.89. The van der Waals surface area contributed by atoms with Crippen molar-refractivity contribution in [3.05, 3.63) is 60.0 Å². The van der Waals surface area contributed by atoms with Gasteiger partial charge in [-0.2, -0.15) is 18.2 Å². The first kappa shape index (κ1) is 31.8. The summed E-state index contributed by atoms with van der Waals surface area (Å²) in [6.07, 6.45) is 2.85. The Morgan fingerprint density at radius 1 is 1.00 bits per heavy atom. The van der Waals surface area contributed by atoms with E-state index in [1.165, 1.54) is 32.5 Å². The predicted octanol–water partition coefficient (Wildman–Crippen LogP) is 5.69. The standard InChI is InChI=1S/C6H13N.C5H5.4CH3.2ClH.Ti/c1-2-7-5-3-4-6-7;1-2-4-5-3-1;;;;;;;/h2-6H2,1H3;1-5H;4*1H3;2*1H;/q;5*-1;;;+2/p-2. The van der Waals surface area contributed by atoms with Crippen LogP contribution in [0.1, 0.15) is 19.8 Å². The van der Waals surface area contributed by atoms with Gasteiger partial charge < -0.3 is 34.6 Å². The van der Waals surface area contributed by atoms with E-state index >= 15 is 0 Å². The van der Waals surface area contributed by atoms with Crippen molar-refractivity contribution in [2.24, 2.45) is 0 Å². The second-order valence-electron chi connectivity index (χ2n) is 3.18. The quantitative estimate of drug-likeness (QED) is 0.468. The predicted molar refractivity (Wildman–Crippen MR) is 90.7 cm³/mol. The maximum atomic E-state index is 4.89. The van der Waals surface area contributed by atoms with Crippen molar-refractivity contribution in [1.82, 2.24) is 4.90 Å². The Hall–Kier alpha value is 0.604. The van der Waals surface area contributed by atoms with Crippen LogP contribution in [0.15, 0.2) is 30.3 Å². The van der Waals surface area contributed by atoms with Crippen molar-refractivity contribution >= 4 is 18.6 Å². The second kappa shape index (κ2) is 27.0. The molecule has 1 fully saturated rings. The average molecular weight is 343 g/mol. The molecule has 1 aromatic carbocycles. The topological polar surface area (TPSA) is 3.24 Å². The van der Waals surface area contributed by atoms with Gasteiger partial charge in [-0.15, -0.1) is 0 Å². The van der Waals surface area contributed by atoms with Gasteiger partial charge in [0.15, 0.2) is 0 Å². The largest absolute Gasteiger partial charge is 0.214 e. The molecule has 2 rings (SSSR count). The number of halogens is 2. The van der Waals surface area contributed by atoms with Gasteiger partial charge in [-0.3, -0.25) is 0 Å². The molecule has 19 heavy (non-hydrogen) atoms. The molecular formula is C15H30Cl2NTi-5. The number of hydrogen-bond acceptors (Lipinski definition) is 1. The number of nitrogens with zero attached hydrogens (tertiary/aromatic N) is 1. The van der Waals surface area contributed by atoms with Crippen LogP contribution in [0.25, 0.3) is 0 Å². The van der Waals surface area contributed by atoms with Gasteiger partial charge in [-0.25, -0.2) is 12.1 Å². The zero-order valence-corrected chi connectivity index (χ0v) is 16.2. The molecule has 0 N–H and O–H groups in total. The van der Waals surface area contributed by atoms with Gasteiger partial charge in [0.2, 0.25) is 0 Å². The zero-order chi connectivity index (χ0) is 11.4. The third kappa shape index (κ3) is 24.0. The Morgan fingerprint density at radius 2 is 1.37 bits per heavy atom. The van der Waals surface area contributed by atoms with E-state index in [9.17, 15) is 0 Å². The molecule has 1 saturated heterocycles. The molecule has 1 aliphatic heterocycles. The van der Waals surface area contributed by atoms with E-state index in [0.717, 1.165) is 0 Å². The Labute approximate surface area is 139 Å². The summed E-state index contributed by atoms with van der Waals surface area (Å²) in [4.78, 5) is 2.49. The van der Waals surface area contributed by atoms with Crippen molar-refractivity contribution < 1.29 is 17.0 Å². The molecule has 1 heterocycles.